The number of hydrogen-bond donors (Lipinski definition) is 0. The lowest BCUT2D eigenvalue weighted by atomic mass is 10.2. The molecule has 0 saturated carbocycles. The van der Waals surface area contributed by atoms with Crippen LogP contribution < -0.4 is 5.56 Å². The second-order valence-electron chi connectivity index (χ2n) is 7.40. The number of nitrogens with zero attached hydrogens (tertiary/aromatic N) is 3. The first kappa shape index (κ1) is 21.1. The van der Waals surface area contributed by atoms with Crippen molar-refractivity contribution < 1.29 is 4.79 Å². The molecule has 0 N–H and O–H groups in total. The van der Waals surface area contributed by atoms with E-state index in [0.29, 0.717) is 41.6 Å². The molecule has 6 heteroatoms. The van der Waals surface area contributed by atoms with Gasteiger partial charge < -0.3 is 4.90 Å². The Bertz CT molecular complexity index is 1030. The van der Waals surface area contributed by atoms with Gasteiger partial charge in [0.2, 0.25) is 5.91 Å². The van der Waals surface area contributed by atoms with Gasteiger partial charge in [-0.3, -0.25) is 14.2 Å². The maximum absolute atomic E-state index is 13.0. The normalized spacial score (nSPS) is 11.2. The summed E-state index contributed by atoms with van der Waals surface area (Å²) in [6.45, 7) is 7.92. The number of thioether (sulfide) groups is 1. The summed E-state index contributed by atoms with van der Waals surface area (Å²) in [6.07, 6.45) is 0. The third kappa shape index (κ3) is 5.26. The smallest absolute Gasteiger partial charge is 0.262 e. The van der Waals surface area contributed by atoms with Gasteiger partial charge in [-0.2, -0.15) is 0 Å². The Labute approximate surface area is 175 Å². The molecule has 29 heavy (non-hydrogen) atoms. The first-order chi connectivity index (χ1) is 14.0. The molecule has 1 amide bonds. The van der Waals surface area contributed by atoms with E-state index in [1.807, 2.05) is 60.4 Å². The molecule has 0 aliphatic rings. The van der Waals surface area contributed by atoms with Crippen LogP contribution >= 0.6 is 11.8 Å². The van der Waals surface area contributed by atoms with Crippen molar-refractivity contribution >= 4 is 28.6 Å². The highest BCUT2D eigenvalue weighted by molar-refractivity contribution is 7.99. The Morgan fingerprint density at radius 3 is 2.48 bits per heavy atom. The van der Waals surface area contributed by atoms with E-state index in [1.54, 1.807) is 10.6 Å². The number of amides is 1. The fourth-order valence-electron chi connectivity index (χ4n) is 3.18. The van der Waals surface area contributed by atoms with Crippen molar-refractivity contribution in [1.29, 1.82) is 0 Å². The van der Waals surface area contributed by atoms with Crippen molar-refractivity contribution in [3.05, 3.63) is 70.5 Å². The van der Waals surface area contributed by atoms with E-state index in [0.717, 1.165) is 5.56 Å². The summed E-state index contributed by atoms with van der Waals surface area (Å²) in [6, 6.07) is 17.3. The molecule has 0 atom stereocenters. The van der Waals surface area contributed by atoms with Crippen LogP contribution in [0.5, 0.6) is 0 Å². The van der Waals surface area contributed by atoms with E-state index in [2.05, 4.69) is 18.8 Å². The molecule has 0 aliphatic heterocycles. The van der Waals surface area contributed by atoms with Gasteiger partial charge in [-0.15, -0.1) is 0 Å². The van der Waals surface area contributed by atoms with Crippen molar-refractivity contribution in [2.75, 3.05) is 12.3 Å². The lowest BCUT2D eigenvalue weighted by Gasteiger charge is -2.21. The number of aromatic nitrogens is 2. The third-order valence-electron chi connectivity index (χ3n) is 4.65. The zero-order chi connectivity index (χ0) is 20.8. The van der Waals surface area contributed by atoms with Gasteiger partial charge in [0, 0.05) is 19.6 Å². The zero-order valence-corrected chi connectivity index (χ0v) is 18.0. The highest BCUT2D eigenvalue weighted by Gasteiger charge is 2.17. The molecule has 0 saturated heterocycles. The minimum atomic E-state index is -0.0455. The molecule has 3 rings (SSSR count). The number of hydrogen-bond acceptors (Lipinski definition) is 4. The van der Waals surface area contributed by atoms with Gasteiger partial charge in [0.15, 0.2) is 5.16 Å². The molecule has 0 spiro atoms. The maximum atomic E-state index is 13.0. The van der Waals surface area contributed by atoms with E-state index in [4.69, 9.17) is 0 Å². The monoisotopic (exact) mass is 409 g/mol. The van der Waals surface area contributed by atoms with E-state index < -0.39 is 0 Å². The Morgan fingerprint density at radius 2 is 1.79 bits per heavy atom. The lowest BCUT2D eigenvalue weighted by Crippen LogP contribution is -2.32. The summed E-state index contributed by atoms with van der Waals surface area (Å²) in [5.74, 6) is 0.597. The molecule has 2 aromatic carbocycles. The highest BCUT2D eigenvalue weighted by Crippen LogP contribution is 2.20. The second kappa shape index (κ2) is 9.74. The van der Waals surface area contributed by atoms with Crippen LogP contribution in [0.25, 0.3) is 10.9 Å². The molecule has 0 bridgehead atoms. The molecule has 3 aromatic rings. The van der Waals surface area contributed by atoms with Crippen molar-refractivity contribution in [1.82, 2.24) is 14.5 Å². The van der Waals surface area contributed by atoms with Gasteiger partial charge in [0.05, 0.1) is 16.7 Å². The number of carbonyl (C=O) groups excluding carboxylic acids is 1. The summed E-state index contributed by atoms with van der Waals surface area (Å²) < 4.78 is 1.71. The van der Waals surface area contributed by atoms with E-state index in [1.165, 1.54) is 11.8 Å². The van der Waals surface area contributed by atoms with E-state index >= 15 is 0 Å². The summed E-state index contributed by atoms with van der Waals surface area (Å²) in [4.78, 5) is 32.3. The van der Waals surface area contributed by atoms with E-state index in [-0.39, 0.29) is 17.2 Å². The molecule has 5 nitrogen and oxygen atoms in total. The Morgan fingerprint density at radius 1 is 1.10 bits per heavy atom. The molecule has 0 fully saturated rings. The maximum Gasteiger partial charge on any atom is 0.262 e. The van der Waals surface area contributed by atoms with Crippen LogP contribution in [0.1, 0.15) is 26.3 Å². The zero-order valence-electron chi connectivity index (χ0n) is 17.2. The molecular formula is C23H27N3O2S. The molecule has 0 radical (unpaired) electrons. The highest BCUT2D eigenvalue weighted by atomic mass is 32.2. The Hall–Kier alpha value is -2.60. The predicted octanol–water partition coefficient (Wildman–Crippen LogP) is 4.19. The van der Waals surface area contributed by atoms with Crippen molar-refractivity contribution in [3.63, 3.8) is 0 Å². The summed E-state index contributed by atoms with van der Waals surface area (Å²) in [7, 11) is 0. The topological polar surface area (TPSA) is 55.2 Å². The lowest BCUT2D eigenvalue weighted by molar-refractivity contribution is -0.128. The fourth-order valence-corrected chi connectivity index (χ4v) is 4.09. The molecule has 1 aromatic heterocycles. The predicted molar refractivity (Wildman–Crippen MR) is 119 cm³/mol. The Balaban J connectivity index is 1.81. The van der Waals surface area contributed by atoms with Crippen LogP contribution in [0.4, 0.5) is 0 Å². The van der Waals surface area contributed by atoms with Crippen LogP contribution in [0.3, 0.4) is 0 Å². The molecular weight excluding hydrogens is 382 g/mol. The summed E-state index contributed by atoms with van der Waals surface area (Å²) >= 11 is 1.34. The number of rotatable bonds is 8. The van der Waals surface area contributed by atoms with Gasteiger partial charge in [-0.25, -0.2) is 4.98 Å². The Kier molecular flexibility index (Phi) is 7.09. The fraction of sp³-hybridized carbons (Fsp3) is 0.348. The third-order valence-corrected chi connectivity index (χ3v) is 5.61. The molecule has 152 valence electrons. The van der Waals surface area contributed by atoms with Gasteiger partial charge in [-0.05, 0) is 30.5 Å². The largest absolute Gasteiger partial charge is 0.338 e. The van der Waals surface area contributed by atoms with Gasteiger partial charge in [-0.1, -0.05) is 68.1 Å². The number of carbonyl (C=O) groups is 1. The van der Waals surface area contributed by atoms with E-state index in [9.17, 15) is 9.59 Å². The molecule has 0 unspecified atom stereocenters. The summed E-state index contributed by atoms with van der Waals surface area (Å²) in [5.41, 5.74) is 1.73. The van der Waals surface area contributed by atoms with Crippen LogP contribution in [-0.4, -0.2) is 32.7 Å². The van der Waals surface area contributed by atoms with Crippen LogP contribution in [0, 0.1) is 5.92 Å². The van der Waals surface area contributed by atoms with Gasteiger partial charge in [0.1, 0.15) is 0 Å². The SMILES string of the molecule is CCN(Cc1ccccc1)C(=O)CSc1nc2ccccc2c(=O)n1CC(C)C. The van der Waals surface area contributed by atoms with Gasteiger partial charge >= 0.3 is 0 Å². The minimum Gasteiger partial charge on any atom is -0.338 e. The first-order valence-corrected chi connectivity index (χ1v) is 10.9. The van der Waals surface area contributed by atoms with Crippen LogP contribution in [0.15, 0.2) is 64.5 Å². The van der Waals surface area contributed by atoms with Crippen molar-refractivity contribution in [3.8, 4) is 0 Å². The quantitative estimate of drug-likeness (QED) is 0.413. The first-order valence-electron chi connectivity index (χ1n) is 9.93. The number of benzene rings is 2. The number of para-hydroxylation sites is 1. The minimum absolute atomic E-state index is 0.0415. The van der Waals surface area contributed by atoms with Gasteiger partial charge in [0.25, 0.3) is 5.56 Å². The summed E-state index contributed by atoms with van der Waals surface area (Å²) in [5, 5.41) is 1.22. The van der Waals surface area contributed by atoms with Crippen molar-refractivity contribution in [2.24, 2.45) is 5.92 Å². The average molecular weight is 410 g/mol. The number of fused-ring (bicyclic) bond motifs is 1. The van der Waals surface area contributed by atoms with Crippen molar-refractivity contribution in [2.45, 2.75) is 39.0 Å². The van der Waals surface area contributed by atoms with Crippen LogP contribution in [0.2, 0.25) is 0 Å². The second-order valence-corrected chi connectivity index (χ2v) is 8.35. The molecule has 1 heterocycles. The van der Waals surface area contributed by atoms with Crippen LogP contribution in [-0.2, 0) is 17.9 Å². The average Bonchev–Trinajstić information content (AvgIpc) is 2.73. The standard InChI is InChI=1S/C23H27N3O2S/c1-4-25(15-18-10-6-5-7-11-18)21(27)16-29-23-24-20-13-9-8-12-19(20)22(28)26(23)14-17(2)3/h5-13,17H,4,14-16H2,1-3H3. The molecule has 0 aliphatic carbocycles.